The Labute approximate surface area is 337 Å². The van der Waals surface area contributed by atoms with E-state index in [0.29, 0.717) is 29.1 Å². The van der Waals surface area contributed by atoms with Crippen molar-refractivity contribution in [1.82, 2.24) is 9.80 Å². The highest BCUT2D eigenvalue weighted by molar-refractivity contribution is 6.33. The maximum atomic E-state index is 10.9. The van der Waals surface area contributed by atoms with Crippen LogP contribution in [0.15, 0.2) is 109 Å². The molecule has 0 atom stereocenters. The first-order chi connectivity index (χ1) is 26.0. The lowest BCUT2D eigenvalue weighted by atomic mass is 9.87. The number of likely N-dealkylation sites (N-methyl/N-ethyl adjacent to an activating group) is 2. The van der Waals surface area contributed by atoms with Crippen molar-refractivity contribution in [2.45, 2.75) is 46.0 Å². The Bertz CT molecular complexity index is 2090. The van der Waals surface area contributed by atoms with Gasteiger partial charge in [-0.2, -0.15) is 0 Å². The Kier molecular flexibility index (Phi) is 17.5. The highest BCUT2D eigenvalue weighted by atomic mass is 35.5. The molecule has 0 spiro atoms. The first kappa shape index (κ1) is 44.3. The summed E-state index contributed by atoms with van der Waals surface area (Å²) in [6.07, 6.45) is 3.83. The molecular formula is C47H50Cl2N2O4. The minimum absolute atomic E-state index is 0.0314. The predicted octanol–water partition coefficient (Wildman–Crippen LogP) is 10.0. The zero-order valence-electron chi connectivity index (χ0n) is 32.7. The van der Waals surface area contributed by atoms with E-state index in [4.69, 9.17) is 33.4 Å². The van der Waals surface area contributed by atoms with Crippen molar-refractivity contribution in [2.24, 2.45) is 0 Å². The first-order valence-electron chi connectivity index (χ1n) is 18.0. The van der Waals surface area contributed by atoms with E-state index in [1.807, 2.05) is 84.9 Å². The third-order valence-electron chi connectivity index (χ3n) is 8.36. The van der Waals surface area contributed by atoms with Gasteiger partial charge in [0, 0.05) is 56.5 Å². The summed E-state index contributed by atoms with van der Waals surface area (Å²) in [4.78, 5) is 25.1. The van der Waals surface area contributed by atoms with Gasteiger partial charge in [0.1, 0.15) is 0 Å². The van der Waals surface area contributed by atoms with Crippen molar-refractivity contribution in [3.8, 4) is 23.7 Å². The second kappa shape index (κ2) is 21.7. The lowest BCUT2D eigenvalue weighted by Gasteiger charge is -2.18. The Hall–Kier alpha value is -5.08. The highest BCUT2D eigenvalue weighted by Gasteiger charge is 2.13. The number of carboxylic acid groups (broad SMARTS) is 2. The molecule has 55 heavy (non-hydrogen) atoms. The van der Waals surface area contributed by atoms with Gasteiger partial charge >= 0.3 is 11.9 Å². The Morgan fingerprint density at radius 1 is 0.655 bits per heavy atom. The van der Waals surface area contributed by atoms with E-state index < -0.39 is 11.9 Å². The Morgan fingerprint density at radius 2 is 1.04 bits per heavy atom. The van der Waals surface area contributed by atoms with Crippen LogP contribution >= 0.6 is 23.2 Å². The third-order valence-corrected chi connectivity index (χ3v) is 9.02. The SMILES string of the molecule is CC(C)c1ccc(C#CC(=CCN(C)CC(=O)O)c2ccccc2Cl)cc1.CN(CC=C(C#Cc1ccc(C(C)(C)C)cc1)c1ccccc1Cl)CC(=O)O. The molecule has 0 bridgehead atoms. The summed E-state index contributed by atoms with van der Waals surface area (Å²) in [5, 5.41) is 19.1. The number of hydrogen-bond acceptors (Lipinski definition) is 4. The number of benzene rings is 4. The average Bonchev–Trinajstić information content (AvgIpc) is 3.12. The fraction of sp³-hybridized carbons (Fsp3) is 0.277. The zero-order chi connectivity index (χ0) is 40.5. The highest BCUT2D eigenvalue weighted by Crippen LogP contribution is 2.25. The van der Waals surface area contributed by atoms with E-state index in [1.165, 1.54) is 11.1 Å². The van der Waals surface area contributed by atoms with Crippen molar-refractivity contribution >= 4 is 46.3 Å². The fourth-order valence-electron chi connectivity index (χ4n) is 5.18. The second-order valence-electron chi connectivity index (χ2n) is 14.5. The monoisotopic (exact) mass is 776 g/mol. The minimum atomic E-state index is -0.861. The van der Waals surface area contributed by atoms with Crippen LogP contribution in [0.4, 0.5) is 0 Å². The van der Waals surface area contributed by atoms with Crippen LogP contribution in [0.1, 0.15) is 73.9 Å². The van der Waals surface area contributed by atoms with Crippen molar-refractivity contribution in [2.75, 3.05) is 40.3 Å². The number of hydrogen-bond donors (Lipinski definition) is 2. The Balaban J connectivity index is 0.000000296. The molecule has 0 aliphatic heterocycles. The van der Waals surface area contributed by atoms with Crippen LogP contribution in [-0.2, 0) is 15.0 Å². The number of rotatable bonds is 11. The average molecular weight is 778 g/mol. The summed E-state index contributed by atoms with van der Waals surface area (Å²) in [5.74, 6) is 11.6. The smallest absolute Gasteiger partial charge is 0.317 e. The molecule has 6 nitrogen and oxygen atoms in total. The number of carboxylic acids is 2. The predicted molar refractivity (Wildman–Crippen MR) is 229 cm³/mol. The van der Waals surface area contributed by atoms with Crippen molar-refractivity contribution < 1.29 is 19.8 Å². The lowest BCUT2D eigenvalue weighted by molar-refractivity contribution is -0.138. The van der Waals surface area contributed by atoms with Crippen molar-refractivity contribution in [1.29, 1.82) is 0 Å². The summed E-state index contributed by atoms with van der Waals surface area (Å²) in [5.41, 5.74) is 7.73. The molecule has 4 aromatic rings. The summed E-state index contributed by atoms with van der Waals surface area (Å²) in [6.45, 7) is 11.7. The summed E-state index contributed by atoms with van der Waals surface area (Å²) < 4.78 is 0. The van der Waals surface area contributed by atoms with Gasteiger partial charge in [0.25, 0.3) is 0 Å². The number of carbonyl (C=O) groups is 2. The molecular weight excluding hydrogens is 727 g/mol. The van der Waals surface area contributed by atoms with Gasteiger partial charge in [-0.15, -0.1) is 0 Å². The van der Waals surface area contributed by atoms with Crippen LogP contribution < -0.4 is 0 Å². The van der Waals surface area contributed by atoms with Crippen LogP contribution in [0.25, 0.3) is 11.1 Å². The van der Waals surface area contributed by atoms with E-state index in [9.17, 15) is 9.59 Å². The maximum absolute atomic E-state index is 10.9. The van der Waals surface area contributed by atoms with E-state index in [1.54, 1.807) is 23.9 Å². The largest absolute Gasteiger partial charge is 0.480 e. The van der Waals surface area contributed by atoms with E-state index >= 15 is 0 Å². The first-order valence-corrected chi connectivity index (χ1v) is 18.7. The summed E-state index contributed by atoms with van der Waals surface area (Å²) in [7, 11) is 3.51. The van der Waals surface area contributed by atoms with Crippen LogP contribution in [0, 0.1) is 23.7 Å². The zero-order valence-corrected chi connectivity index (χ0v) is 34.2. The van der Waals surface area contributed by atoms with E-state index in [0.717, 1.165) is 33.4 Å². The third kappa shape index (κ3) is 15.7. The molecule has 4 rings (SSSR count). The molecule has 286 valence electrons. The molecule has 4 aromatic carbocycles. The molecule has 0 unspecified atom stereocenters. The second-order valence-corrected chi connectivity index (χ2v) is 15.3. The Morgan fingerprint density at radius 3 is 1.38 bits per heavy atom. The van der Waals surface area contributed by atoms with E-state index in [-0.39, 0.29) is 18.5 Å². The lowest BCUT2D eigenvalue weighted by Crippen LogP contribution is -2.25. The molecule has 0 aliphatic carbocycles. The van der Waals surface area contributed by atoms with Gasteiger partial charge in [-0.3, -0.25) is 19.4 Å². The number of allylic oxidation sites excluding steroid dienone is 2. The molecule has 8 heteroatoms. The van der Waals surface area contributed by atoms with Crippen molar-refractivity contribution in [3.63, 3.8) is 0 Å². The number of aliphatic carboxylic acids is 2. The molecule has 2 N–H and O–H groups in total. The molecule has 0 saturated carbocycles. The van der Waals surface area contributed by atoms with Crippen LogP contribution in [-0.4, -0.2) is 72.2 Å². The molecule has 0 aromatic heterocycles. The molecule has 0 aliphatic rings. The van der Waals surface area contributed by atoms with Gasteiger partial charge in [-0.05, 0) is 73.0 Å². The van der Waals surface area contributed by atoms with Gasteiger partial charge in [0.15, 0.2) is 0 Å². The normalized spacial score (nSPS) is 11.6. The molecule has 0 saturated heterocycles. The van der Waals surface area contributed by atoms with Crippen LogP contribution in [0.2, 0.25) is 10.0 Å². The molecule has 0 fully saturated rings. The minimum Gasteiger partial charge on any atom is -0.480 e. The van der Waals surface area contributed by atoms with Gasteiger partial charge in [0.05, 0.1) is 13.1 Å². The summed E-state index contributed by atoms with van der Waals surface area (Å²) >= 11 is 12.7. The summed E-state index contributed by atoms with van der Waals surface area (Å²) in [6, 6.07) is 31.5. The van der Waals surface area contributed by atoms with Gasteiger partial charge in [0.2, 0.25) is 0 Å². The van der Waals surface area contributed by atoms with Gasteiger partial charge in [-0.1, -0.05) is 154 Å². The van der Waals surface area contributed by atoms with Crippen molar-refractivity contribution in [3.05, 3.63) is 153 Å². The van der Waals surface area contributed by atoms with Crippen LogP contribution in [0.5, 0.6) is 0 Å². The fourth-order valence-corrected chi connectivity index (χ4v) is 5.66. The van der Waals surface area contributed by atoms with Crippen LogP contribution in [0.3, 0.4) is 0 Å². The molecule has 0 heterocycles. The number of halogens is 2. The van der Waals surface area contributed by atoms with Gasteiger partial charge < -0.3 is 10.2 Å². The van der Waals surface area contributed by atoms with E-state index in [2.05, 4.69) is 82.6 Å². The maximum Gasteiger partial charge on any atom is 0.317 e. The standard InChI is InChI=1S/C24H26ClNO2.C23H24ClNO2/c1-24(2,3)20-13-10-18(11-14-20)9-12-19(15-16-26(4)17-23(27)28)21-7-5-6-8-22(21)25;1-17(2)19-11-8-18(9-12-19)10-13-20(14-15-25(3)16-23(26)27)21-6-4-5-7-22(21)24/h5-8,10-11,13-15H,16-17H2,1-4H3,(H,27,28);4-9,11-12,14,17H,15-16H2,1-3H3,(H,26,27). The quantitative estimate of drug-likeness (QED) is 0.148. The topological polar surface area (TPSA) is 81.1 Å². The van der Waals surface area contributed by atoms with Gasteiger partial charge in [-0.25, -0.2) is 0 Å². The molecule has 0 amide bonds. The number of nitrogens with zero attached hydrogens (tertiary/aromatic N) is 2. The molecule has 0 radical (unpaired) electrons.